The molecule has 0 N–H and O–H groups in total. The maximum Gasteiger partial charge on any atom is 0.143 e. The molecule has 0 aliphatic carbocycles. The summed E-state index contributed by atoms with van der Waals surface area (Å²) < 4.78 is 6.88. The highest BCUT2D eigenvalue weighted by Crippen LogP contribution is 2.44. The summed E-state index contributed by atoms with van der Waals surface area (Å²) in [5, 5.41) is 6.95. The number of benzene rings is 7. The largest absolute Gasteiger partial charge is 0.455 e. The van der Waals surface area contributed by atoms with Gasteiger partial charge in [-0.25, -0.2) is 4.98 Å². The number of hydrogen-bond donors (Lipinski definition) is 0. The fraction of sp³-hybridized carbons (Fsp3) is 0.0200. The molecule has 9 aromatic rings. The zero-order chi connectivity index (χ0) is 35.0. The zero-order valence-corrected chi connectivity index (χ0v) is 28.9. The summed E-state index contributed by atoms with van der Waals surface area (Å²) in [5.41, 5.74) is 12.2. The Kier molecular flexibility index (Phi) is 7.91. The Morgan fingerprint density at radius 2 is 1.23 bits per heavy atom. The van der Waals surface area contributed by atoms with Crippen molar-refractivity contribution >= 4 is 49.1 Å². The van der Waals surface area contributed by atoms with Crippen molar-refractivity contribution in [2.24, 2.45) is 0 Å². The Morgan fingerprint density at radius 3 is 1.96 bits per heavy atom. The highest BCUT2D eigenvalue weighted by Gasteiger charge is 2.20. The molecule has 2 heterocycles. The van der Waals surface area contributed by atoms with E-state index in [0.29, 0.717) is 0 Å². The fourth-order valence-electron chi connectivity index (χ4n) is 7.36. The summed E-state index contributed by atoms with van der Waals surface area (Å²) in [6.45, 7) is 5.94. The van der Waals surface area contributed by atoms with Crippen LogP contribution in [0.4, 0.5) is 0 Å². The lowest BCUT2D eigenvalue weighted by Crippen LogP contribution is -1.94. The monoisotopic (exact) mass is 665 g/mol. The first-order valence-electron chi connectivity index (χ1n) is 17.7. The molecule has 0 spiro atoms. The van der Waals surface area contributed by atoms with Gasteiger partial charge in [-0.2, -0.15) is 0 Å². The fourth-order valence-corrected chi connectivity index (χ4v) is 7.36. The first kappa shape index (κ1) is 31.2. The van der Waals surface area contributed by atoms with Crippen molar-refractivity contribution in [3.63, 3.8) is 0 Å². The SMILES string of the molecule is C=C/C=C\C(=C/C)c1cc(-c2ccccc2)cc(-c2cccc3oc4c(-c5ccc6ccccc6c5)cc(-c5ccc6ccccc6c5)cc4c23)n1. The van der Waals surface area contributed by atoms with E-state index in [1.807, 2.05) is 13.0 Å². The van der Waals surface area contributed by atoms with Gasteiger partial charge in [-0.15, -0.1) is 0 Å². The van der Waals surface area contributed by atoms with Crippen LogP contribution in [0.15, 0.2) is 193 Å². The number of fused-ring (bicyclic) bond motifs is 5. The molecule has 52 heavy (non-hydrogen) atoms. The number of pyridine rings is 1. The third-order valence-corrected chi connectivity index (χ3v) is 9.97. The van der Waals surface area contributed by atoms with Crippen molar-refractivity contribution in [2.45, 2.75) is 6.92 Å². The Labute approximate surface area is 303 Å². The average Bonchev–Trinajstić information content (AvgIpc) is 3.59. The number of furan rings is 1. The Balaban J connectivity index is 1.34. The van der Waals surface area contributed by atoms with Gasteiger partial charge in [0.1, 0.15) is 11.2 Å². The molecule has 2 heteroatoms. The van der Waals surface area contributed by atoms with Gasteiger partial charge in [-0.1, -0.05) is 146 Å². The van der Waals surface area contributed by atoms with Gasteiger partial charge < -0.3 is 4.42 Å². The van der Waals surface area contributed by atoms with E-state index in [-0.39, 0.29) is 0 Å². The van der Waals surface area contributed by atoms with Crippen LogP contribution >= 0.6 is 0 Å². The summed E-state index contributed by atoms with van der Waals surface area (Å²) in [5.74, 6) is 0. The van der Waals surface area contributed by atoms with E-state index >= 15 is 0 Å². The van der Waals surface area contributed by atoms with Gasteiger partial charge in [0, 0.05) is 21.9 Å². The van der Waals surface area contributed by atoms with Crippen LogP contribution in [0.3, 0.4) is 0 Å². The third-order valence-electron chi connectivity index (χ3n) is 9.97. The molecule has 2 nitrogen and oxygen atoms in total. The first-order valence-corrected chi connectivity index (χ1v) is 17.7. The average molecular weight is 666 g/mol. The van der Waals surface area contributed by atoms with Crippen LogP contribution in [0.5, 0.6) is 0 Å². The molecule has 0 atom stereocenters. The molecule has 0 radical (unpaired) electrons. The minimum Gasteiger partial charge on any atom is -0.455 e. The molecule has 9 rings (SSSR count). The van der Waals surface area contributed by atoms with Crippen LogP contribution < -0.4 is 0 Å². The molecule has 2 aromatic heterocycles. The van der Waals surface area contributed by atoms with Crippen LogP contribution in [-0.4, -0.2) is 4.98 Å². The molecule has 0 saturated carbocycles. The maximum atomic E-state index is 6.88. The van der Waals surface area contributed by atoms with E-state index < -0.39 is 0 Å². The molecule has 0 fully saturated rings. The lowest BCUT2D eigenvalue weighted by atomic mass is 9.92. The van der Waals surface area contributed by atoms with E-state index in [4.69, 9.17) is 9.40 Å². The minimum atomic E-state index is 0.830. The topological polar surface area (TPSA) is 26.0 Å². The first-order chi connectivity index (χ1) is 25.7. The number of nitrogens with zero attached hydrogens (tertiary/aromatic N) is 1. The highest BCUT2D eigenvalue weighted by molar-refractivity contribution is 6.17. The van der Waals surface area contributed by atoms with Crippen molar-refractivity contribution in [1.29, 1.82) is 0 Å². The van der Waals surface area contributed by atoms with Crippen LogP contribution in [0.25, 0.3) is 93.7 Å². The van der Waals surface area contributed by atoms with Gasteiger partial charge in [0.15, 0.2) is 0 Å². The van der Waals surface area contributed by atoms with Gasteiger partial charge in [0.25, 0.3) is 0 Å². The Morgan fingerprint density at radius 1 is 0.558 bits per heavy atom. The van der Waals surface area contributed by atoms with Crippen LogP contribution in [0, 0.1) is 0 Å². The van der Waals surface area contributed by atoms with E-state index in [1.165, 1.54) is 21.5 Å². The molecular weight excluding hydrogens is 631 g/mol. The number of rotatable bonds is 7. The lowest BCUT2D eigenvalue weighted by Gasteiger charge is -2.12. The Bertz CT molecular complexity index is 2870. The van der Waals surface area contributed by atoms with Gasteiger partial charge in [-0.05, 0) is 104 Å². The van der Waals surface area contributed by atoms with Crippen molar-refractivity contribution in [3.8, 4) is 44.6 Å². The lowest BCUT2D eigenvalue weighted by molar-refractivity contribution is 0.670. The number of allylic oxidation sites excluding steroid dienone is 5. The van der Waals surface area contributed by atoms with Gasteiger partial charge >= 0.3 is 0 Å². The predicted molar refractivity (Wildman–Crippen MR) is 221 cm³/mol. The van der Waals surface area contributed by atoms with Gasteiger partial charge in [0.05, 0.1) is 11.4 Å². The quantitative estimate of drug-likeness (QED) is 0.158. The summed E-state index contributed by atoms with van der Waals surface area (Å²) in [4.78, 5) is 5.32. The molecule has 0 aliphatic heterocycles. The molecule has 246 valence electrons. The summed E-state index contributed by atoms with van der Waals surface area (Å²) in [6, 6.07) is 56.2. The molecule has 0 aliphatic rings. The Hall–Kier alpha value is -6.77. The van der Waals surface area contributed by atoms with Crippen molar-refractivity contribution in [3.05, 3.63) is 194 Å². The molecule has 0 amide bonds. The summed E-state index contributed by atoms with van der Waals surface area (Å²) >= 11 is 0. The van der Waals surface area contributed by atoms with E-state index in [9.17, 15) is 0 Å². The second kappa shape index (κ2) is 13.2. The van der Waals surface area contributed by atoms with Crippen LogP contribution in [-0.2, 0) is 0 Å². The smallest absolute Gasteiger partial charge is 0.143 e. The second-order valence-corrected chi connectivity index (χ2v) is 13.1. The molecule has 7 aromatic carbocycles. The predicted octanol–water partition coefficient (Wildman–Crippen LogP) is 14.1. The van der Waals surface area contributed by atoms with E-state index in [0.717, 1.165) is 77.8 Å². The normalized spacial score (nSPS) is 12.1. The summed E-state index contributed by atoms with van der Waals surface area (Å²) in [7, 11) is 0. The second-order valence-electron chi connectivity index (χ2n) is 13.1. The zero-order valence-electron chi connectivity index (χ0n) is 28.9. The van der Waals surface area contributed by atoms with E-state index in [2.05, 4.69) is 176 Å². The molecular formula is C50H35NO. The number of hydrogen-bond acceptors (Lipinski definition) is 2. The standard InChI is InChI=1S/C50H35NO/c1-3-5-14-33(4-2)46-31-42(34-15-7-6-8-16-34)32-47(51-46)43-21-13-22-48-49(43)45-30-41(39-25-23-35-17-9-11-19-37(35)27-39)29-44(50(45)52-48)40-26-24-36-18-10-12-20-38(36)28-40/h3-32H,1H2,2H3/b14-5-,33-4+. The van der Waals surface area contributed by atoms with Gasteiger partial charge in [0.2, 0.25) is 0 Å². The summed E-state index contributed by atoms with van der Waals surface area (Å²) in [6.07, 6.45) is 7.91. The highest BCUT2D eigenvalue weighted by atomic mass is 16.3. The van der Waals surface area contributed by atoms with Gasteiger partial charge in [-0.3, -0.25) is 0 Å². The van der Waals surface area contributed by atoms with Crippen LogP contribution in [0.2, 0.25) is 0 Å². The third kappa shape index (κ3) is 5.61. The van der Waals surface area contributed by atoms with Crippen molar-refractivity contribution in [2.75, 3.05) is 0 Å². The van der Waals surface area contributed by atoms with E-state index in [1.54, 1.807) is 6.08 Å². The van der Waals surface area contributed by atoms with Crippen LogP contribution in [0.1, 0.15) is 12.6 Å². The molecule has 0 bridgehead atoms. The maximum absolute atomic E-state index is 6.88. The van der Waals surface area contributed by atoms with Crippen molar-refractivity contribution in [1.82, 2.24) is 4.98 Å². The molecule has 0 saturated heterocycles. The number of aromatic nitrogens is 1. The molecule has 0 unspecified atom stereocenters. The minimum absolute atomic E-state index is 0.830. The van der Waals surface area contributed by atoms with Crippen molar-refractivity contribution < 1.29 is 4.42 Å².